The van der Waals surface area contributed by atoms with Crippen LogP contribution in [0.1, 0.15) is 26.3 Å². The Morgan fingerprint density at radius 2 is 2.12 bits per heavy atom. The molecule has 1 rings (SSSR count). The number of rotatable bonds is 4. The number of halogens is 1. The van der Waals surface area contributed by atoms with E-state index >= 15 is 0 Å². The molecule has 0 heterocycles. The van der Waals surface area contributed by atoms with Gasteiger partial charge in [0.2, 0.25) is 0 Å². The van der Waals surface area contributed by atoms with Gasteiger partial charge in [0.25, 0.3) is 0 Å². The minimum Gasteiger partial charge on any atom is -0.370 e. The fourth-order valence-electron chi connectivity index (χ4n) is 1.71. The lowest BCUT2D eigenvalue weighted by molar-refractivity contribution is 0.618. The minimum absolute atomic E-state index is 0.593. The van der Waals surface area contributed by atoms with Crippen LogP contribution in [0.3, 0.4) is 0 Å². The number of nitriles is 1. The van der Waals surface area contributed by atoms with Crippen molar-refractivity contribution in [3.63, 3.8) is 0 Å². The number of nitrogens with zero attached hydrogens (tertiary/aromatic N) is 2. The van der Waals surface area contributed by atoms with E-state index in [2.05, 4.69) is 47.7 Å². The van der Waals surface area contributed by atoms with Gasteiger partial charge < -0.3 is 4.90 Å². The van der Waals surface area contributed by atoms with Crippen molar-refractivity contribution >= 4 is 21.6 Å². The van der Waals surface area contributed by atoms with Gasteiger partial charge in [-0.25, -0.2) is 0 Å². The lowest BCUT2D eigenvalue weighted by Crippen LogP contribution is -2.27. The first-order chi connectivity index (χ1) is 7.58. The van der Waals surface area contributed by atoms with Crippen molar-refractivity contribution in [1.82, 2.24) is 0 Å². The first-order valence-electron chi connectivity index (χ1n) is 5.53. The Morgan fingerprint density at radius 3 is 2.62 bits per heavy atom. The summed E-state index contributed by atoms with van der Waals surface area (Å²) >= 11 is 3.39. The molecule has 3 heteroatoms. The van der Waals surface area contributed by atoms with Crippen LogP contribution in [0.5, 0.6) is 0 Å². The summed E-state index contributed by atoms with van der Waals surface area (Å²) in [6.07, 6.45) is 0. The molecular formula is C13H17BrN2. The predicted molar refractivity (Wildman–Crippen MR) is 71.6 cm³/mol. The Hall–Kier alpha value is -1.01. The van der Waals surface area contributed by atoms with E-state index in [1.165, 1.54) is 0 Å². The third-order valence-corrected chi connectivity index (χ3v) is 2.88. The molecule has 0 fully saturated rings. The molecule has 0 amide bonds. The van der Waals surface area contributed by atoms with Gasteiger partial charge in [0.15, 0.2) is 0 Å². The maximum atomic E-state index is 9.12. The fourth-order valence-corrected chi connectivity index (χ4v) is 2.07. The quantitative estimate of drug-likeness (QED) is 0.839. The topological polar surface area (TPSA) is 27.0 Å². The van der Waals surface area contributed by atoms with Gasteiger partial charge in [0, 0.05) is 17.6 Å². The molecule has 86 valence electrons. The Labute approximate surface area is 106 Å². The molecule has 0 aliphatic rings. The fraction of sp³-hybridized carbons (Fsp3) is 0.462. The number of hydrogen-bond donors (Lipinski definition) is 0. The smallest absolute Gasteiger partial charge is 0.101 e. The Morgan fingerprint density at radius 1 is 1.44 bits per heavy atom. The van der Waals surface area contributed by atoms with E-state index in [1.54, 1.807) is 0 Å². The van der Waals surface area contributed by atoms with E-state index < -0.39 is 0 Å². The van der Waals surface area contributed by atoms with Gasteiger partial charge in [-0.05, 0) is 31.0 Å². The molecule has 0 saturated carbocycles. The van der Waals surface area contributed by atoms with E-state index in [9.17, 15) is 0 Å². The van der Waals surface area contributed by atoms with Crippen LogP contribution < -0.4 is 4.90 Å². The van der Waals surface area contributed by atoms with Gasteiger partial charge >= 0.3 is 0 Å². The summed E-state index contributed by atoms with van der Waals surface area (Å²) in [6.45, 7) is 8.40. The van der Waals surface area contributed by atoms with Crippen molar-refractivity contribution < 1.29 is 0 Å². The third-order valence-electron chi connectivity index (χ3n) is 2.39. The number of benzene rings is 1. The maximum absolute atomic E-state index is 9.12. The second kappa shape index (κ2) is 5.91. The first-order valence-corrected chi connectivity index (χ1v) is 6.32. The van der Waals surface area contributed by atoms with Gasteiger partial charge in [0.1, 0.15) is 6.07 Å². The molecule has 1 aromatic rings. The minimum atomic E-state index is 0.593. The summed E-state index contributed by atoms with van der Waals surface area (Å²) < 4.78 is 0.952. The highest BCUT2D eigenvalue weighted by Crippen LogP contribution is 2.24. The van der Waals surface area contributed by atoms with E-state index in [-0.39, 0.29) is 0 Å². The monoisotopic (exact) mass is 280 g/mol. The zero-order valence-corrected chi connectivity index (χ0v) is 11.6. The van der Waals surface area contributed by atoms with E-state index in [0.29, 0.717) is 5.92 Å². The van der Waals surface area contributed by atoms with E-state index in [0.717, 1.165) is 28.8 Å². The Bertz CT molecular complexity index is 393. The molecule has 16 heavy (non-hydrogen) atoms. The van der Waals surface area contributed by atoms with Gasteiger partial charge in [0.05, 0.1) is 11.3 Å². The molecule has 0 aliphatic heterocycles. The second-order valence-corrected chi connectivity index (χ2v) is 5.12. The number of anilines is 1. The zero-order chi connectivity index (χ0) is 12.1. The van der Waals surface area contributed by atoms with Crippen molar-refractivity contribution in [3.8, 4) is 6.07 Å². The summed E-state index contributed by atoms with van der Waals surface area (Å²) in [4.78, 5) is 2.25. The molecule has 0 unspecified atom stereocenters. The number of hydrogen-bond acceptors (Lipinski definition) is 2. The van der Waals surface area contributed by atoms with Crippen molar-refractivity contribution in [2.24, 2.45) is 5.92 Å². The van der Waals surface area contributed by atoms with Gasteiger partial charge in [-0.2, -0.15) is 5.26 Å². The summed E-state index contributed by atoms with van der Waals surface area (Å²) in [5.74, 6) is 0.593. The molecule has 0 atom stereocenters. The van der Waals surface area contributed by atoms with Crippen LogP contribution in [-0.2, 0) is 0 Å². The van der Waals surface area contributed by atoms with Crippen molar-refractivity contribution in [1.29, 1.82) is 5.26 Å². The van der Waals surface area contributed by atoms with Crippen molar-refractivity contribution in [3.05, 3.63) is 28.2 Å². The van der Waals surface area contributed by atoms with Gasteiger partial charge in [-0.15, -0.1) is 0 Å². The highest BCUT2D eigenvalue weighted by molar-refractivity contribution is 9.10. The largest absolute Gasteiger partial charge is 0.370 e. The van der Waals surface area contributed by atoms with Gasteiger partial charge in [-0.3, -0.25) is 0 Å². The van der Waals surface area contributed by atoms with Crippen LogP contribution in [0.2, 0.25) is 0 Å². The van der Waals surface area contributed by atoms with Gasteiger partial charge in [-0.1, -0.05) is 29.8 Å². The lowest BCUT2D eigenvalue weighted by atomic mass is 10.1. The van der Waals surface area contributed by atoms with E-state index in [4.69, 9.17) is 5.26 Å². The van der Waals surface area contributed by atoms with Crippen molar-refractivity contribution in [2.45, 2.75) is 20.8 Å². The summed E-state index contributed by atoms with van der Waals surface area (Å²) in [6, 6.07) is 8.12. The molecular weight excluding hydrogens is 264 g/mol. The highest BCUT2D eigenvalue weighted by Gasteiger charge is 2.11. The zero-order valence-electron chi connectivity index (χ0n) is 10.00. The lowest BCUT2D eigenvalue weighted by Gasteiger charge is -2.26. The van der Waals surface area contributed by atoms with E-state index in [1.807, 2.05) is 18.2 Å². The summed E-state index contributed by atoms with van der Waals surface area (Å²) in [7, 11) is 0. The predicted octanol–water partition coefficient (Wildman–Crippen LogP) is 3.80. The standard InChI is InChI=1S/C13H17BrN2/c1-4-16(9-10(2)3)13-6-5-12(14)7-11(13)8-15/h5-7,10H,4,9H2,1-3H3. The molecule has 2 nitrogen and oxygen atoms in total. The SMILES string of the molecule is CCN(CC(C)C)c1ccc(Br)cc1C#N. The Kier molecular flexibility index (Phi) is 4.82. The highest BCUT2D eigenvalue weighted by atomic mass is 79.9. The normalized spacial score (nSPS) is 10.2. The van der Waals surface area contributed by atoms with Crippen LogP contribution >= 0.6 is 15.9 Å². The molecule has 0 bridgehead atoms. The molecule has 0 aromatic heterocycles. The van der Waals surface area contributed by atoms with Crippen LogP contribution in [0.25, 0.3) is 0 Å². The van der Waals surface area contributed by atoms with Crippen molar-refractivity contribution in [2.75, 3.05) is 18.0 Å². The third kappa shape index (κ3) is 3.24. The summed E-state index contributed by atoms with van der Waals surface area (Å²) in [5.41, 5.74) is 1.76. The van der Waals surface area contributed by atoms with Crippen LogP contribution in [-0.4, -0.2) is 13.1 Å². The van der Waals surface area contributed by atoms with Crippen LogP contribution in [0, 0.1) is 17.2 Å². The first kappa shape index (κ1) is 13.1. The van der Waals surface area contributed by atoms with Crippen LogP contribution in [0.4, 0.5) is 5.69 Å². The maximum Gasteiger partial charge on any atom is 0.101 e. The van der Waals surface area contributed by atoms with Crippen LogP contribution in [0.15, 0.2) is 22.7 Å². The molecule has 0 spiro atoms. The molecule has 0 radical (unpaired) electrons. The second-order valence-electron chi connectivity index (χ2n) is 4.21. The average molecular weight is 281 g/mol. The molecule has 0 saturated heterocycles. The average Bonchev–Trinajstić information content (AvgIpc) is 2.25. The molecule has 1 aromatic carbocycles. The summed E-state index contributed by atoms with van der Waals surface area (Å²) in [5, 5.41) is 9.12. The molecule has 0 aliphatic carbocycles. The Balaban J connectivity index is 3.05. The molecule has 0 N–H and O–H groups in total.